The van der Waals surface area contributed by atoms with Crippen LogP contribution in [0.3, 0.4) is 0 Å². The van der Waals surface area contributed by atoms with Gasteiger partial charge in [-0.3, -0.25) is 0 Å². The van der Waals surface area contributed by atoms with Gasteiger partial charge in [-0.15, -0.1) is 24.0 Å². The predicted octanol–water partition coefficient (Wildman–Crippen LogP) is 3.82. The topological polar surface area (TPSA) is 42.9 Å². The number of guanidine groups is 1. The largest absolute Gasteiger partial charge is 0.357 e. The summed E-state index contributed by atoms with van der Waals surface area (Å²) in [5, 5.41) is 6.94. The highest BCUT2D eigenvalue weighted by atomic mass is 127. The standard InChI is InChI=1S/C22H38FN5.HI/c1-5-7-12-28-13-10-20(11-14-28)26-22(24-6-2)25-16-18-8-9-21(23)19(15-18)17-27(3)4;/h8-9,15,20H,5-7,10-14,16-17H2,1-4H3,(H2,24,25,26);1H. The average Bonchev–Trinajstić information content (AvgIpc) is 2.67. The molecule has 0 atom stereocenters. The van der Waals surface area contributed by atoms with E-state index in [-0.39, 0.29) is 29.8 Å². The summed E-state index contributed by atoms with van der Waals surface area (Å²) in [4.78, 5) is 9.28. The molecule has 0 aliphatic carbocycles. The van der Waals surface area contributed by atoms with Crippen molar-refractivity contribution in [3.8, 4) is 0 Å². The van der Waals surface area contributed by atoms with E-state index in [1.54, 1.807) is 6.07 Å². The van der Waals surface area contributed by atoms with E-state index in [0.29, 0.717) is 19.1 Å². The Morgan fingerprint density at radius 3 is 2.59 bits per heavy atom. The molecule has 1 saturated heterocycles. The summed E-state index contributed by atoms with van der Waals surface area (Å²) in [5.41, 5.74) is 1.75. The number of likely N-dealkylation sites (tertiary alicyclic amines) is 1. The quantitative estimate of drug-likeness (QED) is 0.296. The number of unbranched alkanes of at least 4 members (excludes halogenated alkanes) is 1. The lowest BCUT2D eigenvalue weighted by molar-refractivity contribution is 0.203. The Bertz CT molecular complexity index is 615. The van der Waals surface area contributed by atoms with Crippen molar-refractivity contribution in [3.05, 3.63) is 35.1 Å². The van der Waals surface area contributed by atoms with Crippen LogP contribution in [0.5, 0.6) is 0 Å². The third-order valence-electron chi connectivity index (χ3n) is 5.12. The maximum Gasteiger partial charge on any atom is 0.191 e. The minimum Gasteiger partial charge on any atom is -0.357 e. The van der Waals surface area contributed by atoms with Crippen molar-refractivity contribution in [2.24, 2.45) is 4.99 Å². The number of hydrogen-bond acceptors (Lipinski definition) is 3. The molecule has 0 saturated carbocycles. The molecular weight excluding hydrogens is 480 g/mol. The van der Waals surface area contributed by atoms with Crippen LogP contribution in [0, 0.1) is 5.82 Å². The Kier molecular flexibility index (Phi) is 12.7. The molecule has 166 valence electrons. The van der Waals surface area contributed by atoms with Gasteiger partial charge in [0.25, 0.3) is 0 Å². The minimum absolute atomic E-state index is 0. The van der Waals surface area contributed by atoms with E-state index in [1.165, 1.54) is 19.4 Å². The van der Waals surface area contributed by atoms with Crippen molar-refractivity contribution in [1.29, 1.82) is 0 Å². The van der Waals surface area contributed by atoms with Gasteiger partial charge in [0, 0.05) is 37.8 Å². The van der Waals surface area contributed by atoms with Gasteiger partial charge in [0.2, 0.25) is 0 Å². The summed E-state index contributed by atoms with van der Waals surface area (Å²) in [7, 11) is 3.90. The fourth-order valence-electron chi connectivity index (χ4n) is 3.55. The number of nitrogens with zero attached hydrogens (tertiary/aromatic N) is 3. The van der Waals surface area contributed by atoms with Gasteiger partial charge in [-0.1, -0.05) is 19.4 Å². The summed E-state index contributed by atoms with van der Waals surface area (Å²) in [6, 6.07) is 5.77. The maximum absolute atomic E-state index is 14.0. The molecule has 1 aromatic rings. The van der Waals surface area contributed by atoms with Crippen LogP contribution in [0.4, 0.5) is 4.39 Å². The Morgan fingerprint density at radius 1 is 1.24 bits per heavy atom. The minimum atomic E-state index is -0.152. The summed E-state index contributed by atoms with van der Waals surface area (Å²) in [6.45, 7) is 9.83. The molecule has 1 aromatic carbocycles. The van der Waals surface area contributed by atoms with Gasteiger partial charge in [-0.05, 0) is 64.5 Å². The highest BCUT2D eigenvalue weighted by molar-refractivity contribution is 14.0. The molecule has 0 bridgehead atoms. The van der Waals surface area contributed by atoms with Crippen molar-refractivity contribution >= 4 is 29.9 Å². The highest BCUT2D eigenvalue weighted by Crippen LogP contribution is 2.14. The first-order chi connectivity index (χ1) is 13.5. The van der Waals surface area contributed by atoms with Crippen LogP contribution < -0.4 is 10.6 Å². The molecular formula is C22H39FIN5. The maximum atomic E-state index is 14.0. The second-order valence-corrected chi connectivity index (χ2v) is 7.97. The van der Waals surface area contributed by atoms with Crippen LogP contribution in [-0.4, -0.2) is 62.1 Å². The van der Waals surface area contributed by atoms with Gasteiger partial charge < -0.3 is 20.4 Å². The van der Waals surface area contributed by atoms with Gasteiger partial charge in [-0.2, -0.15) is 0 Å². The normalized spacial score (nSPS) is 16.0. The molecule has 0 radical (unpaired) electrons. The average molecular weight is 519 g/mol. The number of benzene rings is 1. The van der Waals surface area contributed by atoms with E-state index in [0.717, 1.165) is 49.6 Å². The van der Waals surface area contributed by atoms with E-state index in [1.807, 2.05) is 31.1 Å². The lowest BCUT2D eigenvalue weighted by atomic mass is 10.0. The summed E-state index contributed by atoms with van der Waals surface area (Å²) in [5.74, 6) is 0.703. The van der Waals surface area contributed by atoms with Crippen LogP contribution in [0.15, 0.2) is 23.2 Å². The second kappa shape index (κ2) is 14.1. The zero-order valence-corrected chi connectivity index (χ0v) is 20.8. The Balaban J connectivity index is 0.00000420. The molecule has 5 nitrogen and oxygen atoms in total. The molecule has 1 aliphatic rings. The van der Waals surface area contributed by atoms with Crippen LogP contribution in [0.25, 0.3) is 0 Å². The Labute approximate surface area is 193 Å². The summed E-state index contributed by atoms with van der Waals surface area (Å²) < 4.78 is 14.0. The Morgan fingerprint density at radius 2 is 1.97 bits per heavy atom. The van der Waals surface area contributed by atoms with Gasteiger partial charge in [0.05, 0.1) is 6.54 Å². The first-order valence-corrected chi connectivity index (χ1v) is 10.7. The number of halogens is 2. The lowest BCUT2D eigenvalue weighted by Crippen LogP contribution is -2.48. The summed E-state index contributed by atoms with van der Waals surface area (Å²) in [6.07, 6.45) is 4.85. The van der Waals surface area contributed by atoms with E-state index in [4.69, 9.17) is 4.99 Å². The second-order valence-electron chi connectivity index (χ2n) is 7.97. The number of nitrogens with one attached hydrogen (secondary N) is 2. The number of hydrogen-bond donors (Lipinski definition) is 2. The van der Waals surface area contributed by atoms with Crippen molar-refractivity contribution in [2.45, 2.75) is 58.7 Å². The fraction of sp³-hybridized carbons (Fsp3) is 0.682. The molecule has 0 aromatic heterocycles. The molecule has 0 unspecified atom stereocenters. The van der Waals surface area contributed by atoms with Crippen molar-refractivity contribution in [2.75, 3.05) is 40.3 Å². The molecule has 0 amide bonds. The molecule has 29 heavy (non-hydrogen) atoms. The molecule has 2 rings (SSSR count). The van der Waals surface area contributed by atoms with Crippen LogP contribution in [0.2, 0.25) is 0 Å². The molecule has 2 N–H and O–H groups in total. The third kappa shape index (κ3) is 9.61. The number of aliphatic imine (C=N–C) groups is 1. The monoisotopic (exact) mass is 519 g/mol. The van der Waals surface area contributed by atoms with Gasteiger partial charge in [0.15, 0.2) is 5.96 Å². The summed E-state index contributed by atoms with van der Waals surface area (Å²) >= 11 is 0. The van der Waals surface area contributed by atoms with E-state index < -0.39 is 0 Å². The zero-order valence-electron chi connectivity index (χ0n) is 18.5. The number of rotatable bonds is 9. The van der Waals surface area contributed by atoms with E-state index >= 15 is 0 Å². The van der Waals surface area contributed by atoms with Crippen molar-refractivity contribution < 1.29 is 4.39 Å². The lowest BCUT2D eigenvalue weighted by Gasteiger charge is -2.33. The highest BCUT2D eigenvalue weighted by Gasteiger charge is 2.19. The zero-order chi connectivity index (χ0) is 20.4. The van der Waals surface area contributed by atoms with Gasteiger partial charge in [-0.25, -0.2) is 9.38 Å². The molecule has 1 aliphatic heterocycles. The van der Waals surface area contributed by atoms with Crippen LogP contribution in [0.1, 0.15) is 50.7 Å². The third-order valence-corrected chi connectivity index (χ3v) is 5.12. The molecule has 0 spiro atoms. The van der Waals surface area contributed by atoms with Crippen LogP contribution in [-0.2, 0) is 13.1 Å². The smallest absolute Gasteiger partial charge is 0.191 e. The van der Waals surface area contributed by atoms with Crippen molar-refractivity contribution in [3.63, 3.8) is 0 Å². The fourth-order valence-corrected chi connectivity index (χ4v) is 3.55. The first-order valence-electron chi connectivity index (χ1n) is 10.7. The van der Waals surface area contributed by atoms with Crippen LogP contribution >= 0.6 is 24.0 Å². The SMILES string of the molecule is CCCCN1CCC(NC(=NCc2ccc(F)c(CN(C)C)c2)NCC)CC1.I. The van der Waals surface area contributed by atoms with Crippen molar-refractivity contribution in [1.82, 2.24) is 20.4 Å². The van der Waals surface area contributed by atoms with E-state index in [9.17, 15) is 4.39 Å². The van der Waals surface area contributed by atoms with Gasteiger partial charge >= 0.3 is 0 Å². The predicted molar refractivity (Wildman–Crippen MR) is 132 cm³/mol. The molecule has 7 heteroatoms. The first kappa shape index (κ1) is 26.1. The molecule has 1 fully saturated rings. The van der Waals surface area contributed by atoms with E-state index in [2.05, 4.69) is 29.4 Å². The van der Waals surface area contributed by atoms with Gasteiger partial charge in [0.1, 0.15) is 5.82 Å². The number of piperidine rings is 1. The molecule has 1 heterocycles. The Hall–Kier alpha value is -0.930.